The molecule has 0 radical (unpaired) electrons. The monoisotopic (exact) mass is 362 g/mol. The van der Waals surface area contributed by atoms with Gasteiger partial charge in [0.15, 0.2) is 0 Å². The fourth-order valence-corrected chi connectivity index (χ4v) is 3.62. The number of benzene rings is 1. The molecule has 0 saturated carbocycles. The summed E-state index contributed by atoms with van der Waals surface area (Å²) in [6.07, 6.45) is 0. The first kappa shape index (κ1) is 19.3. The van der Waals surface area contributed by atoms with Crippen LogP contribution in [0.25, 0.3) is 0 Å². The Morgan fingerprint density at radius 1 is 1.20 bits per heavy atom. The van der Waals surface area contributed by atoms with Crippen molar-refractivity contribution in [3.05, 3.63) is 40.6 Å². The molecule has 1 aromatic heterocycles. The van der Waals surface area contributed by atoms with E-state index in [9.17, 15) is 4.79 Å². The van der Waals surface area contributed by atoms with E-state index in [0.29, 0.717) is 17.2 Å². The average molecular weight is 362 g/mol. The summed E-state index contributed by atoms with van der Waals surface area (Å²) in [4.78, 5) is 13.6. The molecule has 2 rings (SSSR count). The van der Waals surface area contributed by atoms with E-state index >= 15 is 0 Å². The van der Waals surface area contributed by atoms with Gasteiger partial charge in [0.25, 0.3) is 0 Å². The average Bonchev–Trinajstić information content (AvgIpc) is 3.08. The van der Waals surface area contributed by atoms with E-state index in [-0.39, 0.29) is 23.9 Å². The van der Waals surface area contributed by atoms with Crippen LogP contribution < -0.4 is 20.1 Å². The summed E-state index contributed by atoms with van der Waals surface area (Å²) in [5, 5.41) is 8.31. The molecule has 0 aliphatic carbocycles. The largest absolute Gasteiger partial charge is 0.497 e. The number of hydrogen-bond acceptors (Lipinski definition) is 5. The number of methoxy groups -OCH3 is 2. The van der Waals surface area contributed by atoms with Crippen LogP contribution in [0.1, 0.15) is 31.7 Å². The van der Waals surface area contributed by atoms with E-state index in [2.05, 4.69) is 42.9 Å². The van der Waals surface area contributed by atoms with Crippen LogP contribution in [0.2, 0.25) is 0 Å². The number of ether oxygens (including phenoxy) is 2. The molecule has 0 fully saturated rings. The summed E-state index contributed by atoms with van der Waals surface area (Å²) in [5.41, 5.74) is 0.627. The fourth-order valence-electron chi connectivity index (χ4n) is 2.58. The summed E-state index contributed by atoms with van der Waals surface area (Å²) in [6.45, 7) is 6.70. The van der Waals surface area contributed by atoms with Crippen molar-refractivity contribution in [2.75, 3.05) is 26.1 Å². The highest BCUT2D eigenvalue weighted by Gasteiger charge is 2.27. The minimum Gasteiger partial charge on any atom is -0.497 e. The van der Waals surface area contributed by atoms with Gasteiger partial charge in [-0.05, 0) is 29.0 Å². The molecule has 1 aromatic carbocycles. The van der Waals surface area contributed by atoms with Crippen LogP contribution in [0.15, 0.2) is 35.7 Å². The number of thiophene rings is 1. The first-order chi connectivity index (χ1) is 11.8. The van der Waals surface area contributed by atoms with Crippen molar-refractivity contribution in [2.24, 2.45) is 5.41 Å². The minimum absolute atomic E-state index is 0.00291. The third kappa shape index (κ3) is 5.21. The molecule has 2 aromatic rings. The first-order valence-corrected chi connectivity index (χ1v) is 9.01. The second-order valence-corrected chi connectivity index (χ2v) is 7.79. The number of anilines is 1. The molecule has 1 heterocycles. The van der Waals surface area contributed by atoms with Gasteiger partial charge in [-0.15, -0.1) is 11.3 Å². The number of amides is 1. The highest BCUT2D eigenvalue weighted by Crippen LogP contribution is 2.35. The molecular formula is C19H26N2O3S. The molecule has 2 N–H and O–H groups in total. The predicted octanol–water partition coefficient (Wildman–Crippen LogP) is 4.08. The van der Waals surface area contributed by atoms with Gasteiger partial charge in [0.05, 0.1) is 26.5 Å². The number of rotatable bonds is 7. The zero-order valence-corrected chi connectivity index (χ0v) is 16.2. The molecule has 6 heteroatoms. The Hall–Kier alpha value is -2.05. The number of nitrogens with one attached hydrogen (secondary N) is 2. The molecule has 1 unspecified atom stereocenters. The van der Waals surface area contributed by atoms with E-state index < -0.39 is 0 Å². The molecule has 0 spiro atoms. The smallest absolute Gasteiger partial charge is 0.238 e. The van der Waals surface area contributed by atoms with E-state index in [1.807, 2.05) is 6.07 Å². The van der Waals surface area contributed by atoms with Crippen molar-refractivity contribution in [2.45, 2.75) is 26.8 Å². The normalized spacial score (nSPS) is 12.5. The number of carbonyl (C=O) groups excluding carboxylic acids is 1. The second kappa shape index (κ2) is 8.36. The quantitative estimate of drug-likeness (QED) is 0.779. The zero-order valence-electron chi connectivity index (χ0n) is 15.4. The van der Waals surface area contributed by atoms with Crippen LogP contribution in [-0.2, 0) is 4.79 Å². The molecule has 1 amide bonds. The Bertz CT molecular complexity index is 693. The van der Waals surface area contributed by atoms with Crippen LogP contribution in [-0.4, -0.2) is 26.7 Å². The highest BCUT2D eigenvalue weighted by molar-refractivity contribution is 7.10. The molecule has 136 valence electrons. The van der Waals surface area contributed by atoms with Gasteiger partial charge in [-0.1, -0.05) is 26.8 Å². The fraction of sp³-hybridized carbons (Fsp3) is 0.421. The number of carbonyl (C=O) groups is 1. The molecule has 0 aliphatic rings. The summed E-state index contributed by atoms with van der Waals surface area (Å²) in [7, 11) is 3.16. The lowest BCUT2D eigenvalue weighted by molar-refractivity contribution is -0.115. The van der Waals surface area contributed by atoms with Crippen molar-refractivity contribution in [1.29, 1.82) is 0 Å². The lowest BCUT2D eigenvalue weighted by atomic mass is 9.86. The van der Waals surface area contributed by atoms with E-state index in [4.69, 9.17) is 9.47 Å². The maximum absolute atomic E-state index is 12.4. The SMILES string of the molecule is COc1ccc(NC(=O)CNC(c2cccs2)C(C)(C)C)c(OC)c1. The zero-order chi connectivity index (χ0) is 18.4. The summed E-state index contributed by atoms with van der Waals surface area (Å²) >= 11 is 1.70. The van der Waals surface area contributed by atoms with Gasteiger partial charge in [-0.25, -0.2) is 0 Å². The Morgan fingerprint density at radius 2 is 1.96 bits per heavy atom. The third-order valence-electron chi connectivity index (χ3n) is 3.84. The second-order valence-electron chi connectivity index (χ2n) is 6.81. The van der Waals surface area contributed by atoms with Gasteiger partial charge in [0.1, 0.15) is 11.5 Å². The van der Waals surface area contributed by atoms with Crippen molar-refractivity contribution < 1.29 is 14.3 Å². The third-order valence-corrected chi connectivity index (χ3v) is 4.78. The van der Waals surface area contributed by atoms with E-state index in [1.54, 1.807) is 43.8 Å². The Balaban J connectivity index is 2.02. The van der Waals surface area contributed by atoms with Gasteiger partial charge < -0.3 is 20.1 Å². The topological polar surface area (TPSA) is 59.6 Å². The van der Waals surface area contributed by atoms with E-state index in [1.165, 1.54) is 4.88 Å². The van der Waals surface area contributed by atoms with Crippen LogP contribution in [0.3, 0.4) is 0 Å². The lowest BCUT2D eigenvalue weighted by Gasteiger charge is -2.30. The van der Waals surface area contributed by atoms with Gasteiger partial charge in [-0.3, -0.25) is 4.79 Å². The summed E-state index contributed by atoms with van der Waals surface area (Å²) < 4.78 is 10.5. The van der Waals surface area contributed by atoms with E-state index in [0.717, 1.165) is 0 Å². The predicted molar refractivity (Wildman–Crippen MR) is 103 cm³/mol. The van der Waals surface area contributed by atoms with Crippen molar-refractivity contribution in [3.63, 3.8) is 0 Å². The van der Waals surface area contributed by atoms with Crippen LogP contribution in [0.4, 0.5) is 5.69 Å². The van der Waals surface area contributed by atoms with Crippen LogP contribution >= 0.6 is 11.3 Å². The molecule has 0 saturated heterocycles. The van der Waals surface area contributed by atoms with Crippen molar-refractivity contribution in [1.82, 2.24) is 5.32 Å². The molecule has 0 bridgehead atoms. The van der Waals surface area contributed by atoms with Gasteiger partial charge in [0.2, 0.25) is 5.91 Å². The summed E-state index contributed by atoms with van der Waals surface area (Å²) in [6, 6.07) is 9.54. The molecule has 0 aliphatic heterocycles. The molecule has 5 nitrogen and oxygen atoms in total. The van der Waals surface area contributed by atoms with Crippen LogP contribution in [0, 0.1) is 5.41 Å². The Morgan fingerprint density at radius 3 is 2.52 bits per heavy atom. The summed E-state index contributed by atoms with van der Waals surface area (Å²) in [5.74, 6) is 1.13. The molecule has 1 atom stereocenters. The van der Waals surface area contributed by atoms with Crippen LogP contribution in [0.5, 0.6) is 11.5 Å². The van der Waals surface area contributed by atoms with Crippen molar-refractivity contribution in [3.8, 4) is 11.5 Å². The lowest BCUT2D eigenvalue weighted by Crippen LogP contribution is -2.37. The first-order valence-electron chi connectivity index (χ1n) is 8.14. The minimum atomic E-state index is -0.116. The molecular weight excluding hydrogens is 336 g/mol. The maximum atomic E-state index is 12.4. The van der Waals surface area contributed by atoms with Gasteiger partial charge in [0, 0.05) is 17.0 Å². The Labute approximate surface area is 153 Å². The standard InChI is InChI=1S/C19H26N2O3S/c1-19(2,3)18(16-7-6-10-25-16)20-12-17(22)21-14-9-8-13(23-4)11-15(14)24-5/h6-11,18,20H,12H2,1-5H3,(H,21,22). The van der Waals surface area contributed by atoms with Crippen molar-refractivity contribution >= 4 is 22.9 Å². The number of hydrogen-bond donors (Lipinski definition) is 2. The Kier molecular flexibility index (Phi) is 6.45. The molecule has 25 heavy (non-hydrogen) atoms. The van der Waals surface area contributed by atoms with Gasteiger partial charge >= 0.3 is 0 Å². The highest BCUT2D eigenvalue weighted by atomic mass is 32.1. The van der Waals surface area contributed by atoms with Gasteiger partial charge in [-0.2, -0.15) is 0 Å². The maximum Gasteiger partial charge on any atom is 0.238 e.